The minimum Gasteiger partial charge on any atom is -0.337 e. The van der Waals surface area contributed by atoms with Crippen molar-refractivity contribution >= 4 is 33.5 Å². The minimum atomic E-state index is -0.657. The fourth-order valence-corrected chi connectivity index (χ4v) is 4.69. The van der Waals surface area contributed by atoms with Crippen molar-refractivity contribution in [2.75, 3.05) is 0 Å². The molecule has 0 amide bonds. The zero-order valence-electron chi connectivity index (χ0n) is 18.1. The van der Waals surface area contributed by atoms with Crippen LogP contribution in [-0.4, -0.2) is 19.5 Å². The highest BCUT2D eigenvalue weighted by Crippen LogP contribution is 2.41. The summed E-state index contributed by atoms with van der Waals surface area (Å²) in [7, 11) is 0. The Morgan fingerprint density at radius 1 is 0.971 bits per heavy atom. The van der Waals surface area contributed by atoms with Crippen molar-refractivity contribution in [1.29, 1.82) is 0 Å². The smallest absolute Gasteiger partial charge is 0.255 e. The third kappa shape index (κ3) is 3.61. The second kappa shape index (κ2) is 8.21. The molecule has 0 aliphatic heterocycles. The molecule has 6 aromatic rings. The van der Waals surface area contributed by atoms with E-state index in [2.05, 4.69) is 9.97 Å². The van der Waals surface area contributed by atoms with E-state index in [0.717, 1.165) is 22.6 Å². The summed E-state index contributed by atoms with van der Waals surface area (Å²) in [5.74, 6) is -0.792. The first kappa shape index (κ1) is 21.3. The summed E-state index contributed by atoms with van der Waals surface area (Å²) in [6.07, 6.45) is 1.56. The minimum absolute atomic E-state index is 0.0847. The summed E-state index contributed by atoms with van der Waals surface area (Å²) in [6.45, 7) is 0.0847. The fraction of sp³-hybridized carbons (Fsp3) is 0.0370. The molecule has 0 saturated heterocycles. The molecule has 3 aromatic heterocycles. The molecule has 35 heavy (non-hydrogen) atoms. The summed E-state index contributed by atoms with van der Waals surface area (Å²) in [4.78, 5) is 23.8. The molecule has 172 valence electrons. The molecule has 6 rings (SSSR count). The highest BCUT2D eigenvalue weighted by atomic mass is 35.5. The molecule has 3 aromatic carbocycles. The molecular weight excluding hydrogens is 470 g/mol. The normalized spacial score (nSPS) is 11.5. The quantitative estimate of drug-likeness (QED) is 0.298. The summed E-state index contributed by atoms with van der Waals surface area (Å²) < 4.78 is 30.2. The van der Waals surface area contributed by atoms with Crippen molar-refractivity contribution in [3.63, 3.8) is 0 Å². The number of hydrogen-bond donors (Lipinski definition) is 2. The average Bonchev–Trinajstić information content (AvgIpc) is 3.40. The van der Waals surface area contributed by atoms with Crippen LogP contribution < -0.4 is 5.56 Å². The van der Waals surface area contributed by atoms with Gasteiger partial charge in [0.05, 0.1) is 23.3 Å². The zero-order valence-corrected chi connectivity index (χ0v) is 18.9. The Morgan fingerprint density at radius 2 is 1.83 bits per heavy atom. The van der Waals surface area contributed by atoms with E-state index in [1.54, 1.807) is 30.5 Å². The van der Waals surface area contributed by atoms with Crippen LogP contribution in [-0.2, 0) is 6.54 Å². The number of nitrogens with one attached hydrogen (secondary N) is 2. The molecule has 0 spiro atoms. The molecule has 8 heteroatoms. The van der Waals surface area contributed by atoms with E-state index in [0.29, 0.717) is 38.6 Å². The molecule has 0 saturated carbocycles. The lowest BCUT2D eigenvalue weighted by Crippen LogP contribution is -2.09. The predicted molar refractivity (Wildman–Crippen MR) is 134 cm³/mol. The van der Waals surface area contributed by atoms with Gasteiger partial charge in [-0.15, -0.1) is 0 Å². The number of halogens is 3. The van der Waals surface area contributed by atoms with Crippen molar-refractivity contribution in [3.05, 3.63) is 112 Å². The number of aromatic amines is 2. The van der Waals surface area contributed by atoms with Gasteiger partial charge in [0.2, 0.25) is 0 Å². The van der Waals surface area contributed by atoms with Crippen molar-refractivity contribution in [1.82, 2.24) is 19.5 Å². The Bertz CT molecular complexity index is 1770. The van der Waals surface area contributed by atoms with Crippen molar-refractivity contribution in [2.24, 2.45) is 0 Å². The van der Waals surface area contributed by atoms with E-state index < -0.39 is 11.6 Å². The van der Waals surface area contributed by atoms with Crippen LogP contribution in [0.2, 0.25) is 5.02 Å². The van der Waals surface area contributed by atoms with Gasteiger partial charge in [0.25, 0.3) is 5.56 Å². The number of aromatic nitrogens is 4. The number of para-hydroxylation sites is 2. The third-order valence-electron chi connectivity index (χ3n) is 6.07. The Hall–Kier alpha value is -4.23. The van der Waals surface area contributed by atoms with Gasteiger partial charge in [-0.2, -0.15) is 0 Å². The van der Waals surface area contributed by atoms with Gasteiger partial charge in [0.15, 0.2) is 5.82 Å². The van der Waals surface area contributed by atoms with Gasteiger partial charge in [0, 0.05) is 44.9 Å². The van der Waals surface area contributed by atoms with E-state index in [9.17, 15) is 13.6 Å². The summed E-state index contributed by atoms with van der Waals surface area (Å²) in [5, 5.41) is 1.21. The first-order chi connectivity index (χ1) is 17.0. The van der Waals surface area contributed by atoms with E-state index in [1.807, 2.05) is 34.9 Å². The molecule has 2 N–H and O–H groups in total. The Balaban J connectivity index is 1.73. The van der Waals surface area contributed by atoms with Crippen LogP contribution in [0, 0.1) is 11.6 Å². The van der Waals surface area contributed by atoms with Crippen LogP contribution in [0.25, 0.3) is 44.6 Å². The monoisotopic (exact) mass is 486 g/mol. The fourth-order valence-electron chi connectivity index (χ4n) is 4.51. The van der Waals surface area contributed by atoms with Crippen LogP contribution in [0.15, 0.2) is 83.8 Å². The topological polar surface area (TPSA) is 66.5 Å². The number of benzene rings is 3. The molecule has 0 radical (unpaired) electrons. The maximum Gasteiger partial charge on any atom is 0.255 e. The largest absolute Gasteiger partial charge is 0.337 e. The van der Waals surface area contributed by atoms with E-state index in [-0.39, 0.29) is 12.1 Å². The van der Waals surface area contributed by atoms with Crippen molar-refractivity contribution in [3.8, 4) is 22.6 Å². The third-order valence-corrected chi connectivity index (χ3v) is 6.31. The van der Waals surface area contributed by atoms with Crippen LogP contribution >= 0.6 is 11.6 Å². The first-order valence-corrected chi connectivity index (χ1v) is 11.3. The van der Waals surface area contributed by atoms with Gasteiger partial charge in [-0.1, -0.05) is 29.8 Å². The van der Waals surface area contributed by atoms with Crippen molar-refractivity contribution in [2.45, 2.75) is 6.54 Å². The molecule has 0 aliphatic carbocycles. The number of rotatable bonds is 4. The van der Waals surface area contributed by atoms with E-state index >= 15 is 0 Å². The number of imidazole rings is 1. The SMILES string of the molecule is O=c1[nH]cccc1-c1c(-c2nc3ccccc3[nH]2)n(Cc2ccc(F)cc2F)c2ccc(Cl)cc12. The lowest BCUT2D eigenvalue weighted by atomic mass is 10.0. The summed E-state index contributed by atoms with van der Waals surface area (Å²) in [5.41, 5.74) is 3.95. The maximum absolute atomic E-state index is 14.7. The first-order valence-electron chi connectivity index (χ1n) is 10.9. The molecule has 0 aliphatic rings. The molecule has 0 atom stereocenters. The summed E-state index contributed by atoms with van der Waals surface area (Å²) >= 11 is 6.37. The lowest BCUT2D eigenvalue weighted by Gasteiger charge is -2.12. The molecular formula is C27H17ClF2N4O. The van der Waals surface area contributed by atoms with Crippen molar-refractivity contribution < 1.29 is 8.78 Å². The Morgan fingerprint density at radius 3 is 2.63 bits per heavy atom. The van der Waals surface area contributed by atoms with E-state index in [4.69, 9.17) is 16.6 Å². The van der Waals surface area contributed by atoms with Crippen LogP contribution in [0.5, 0.6) is 0 Å². The van der Waals surface area contributed by atoms with E-state index in [1.165, 1.54) is 12.1 Å². The van der Waals surface area contributed by atoms with Gasteiger partial charge in [-0.3, -0.25) is 4.79 Å². The predicted octanol–water partition coefficient (Wildman–Crippen LogP) is 6.52. The molecule has 0 bridgehead atoms. The molecule has 3 heterocycles. The molecule has 5 nitrogen and oxygen atoms in total. The molecule has 0 unspecified atom stereocenters. The summed E-state index contributed by atoms with van der Waals surface area (Å²) in [6, 6.07) is 19.9. The van der Waals surface area contributed by atoms with Gasteiger partial charge < -0.3 is 14.5 Å². The van der Waals surface area contributed by atoms with Gasteiger partial charge in [0.1, 0.15) is 11.6 Å². The number of H-pyrrole nitrogens is 2. The number of fused-ring (bicyclic) bond motifs is 2. The maximum atomic E-state index is 14.7. The average molecular weight is 487 g/mol. The number of hydrogen-bond acceptors (Lipinski definition) is 2. The van der Waals surface area contributed by atoms with Gasteiger partial charge in [-0.05, 0) is 48.5 Å². The second-order valence-electron chi connectivity index (χ2n) is 8.22. The zero-order chi connectivity index (χ0) is 24.1. The number of nitrogens with zero attached hydrogens (tertiary/aromatic N) is 2. The standard InChI is InChI=1S/C27H17ClF2N4O/c28-16-8-10-23-19(12-16)24(18-4-3-11-31-27(18)35)25(26-32-21-5-1-2-6-22(21)33-26)34(23)14-15-7-9-17(29)13-20(15)30/h1-13H,14H2,(H,31,35)(H,32,33). The van der Waals surface area contributed by atoms with Gasteiger partial charge in [-0.25, -0.2) is 13.8 Å². The number of pyridine rings is 1. The van der Waals surface area contributed by atoms with Crippen LogP contribution in [0.4, 0.5) is 8.78 Å². The highest BCUT2D eigenvalue weighted by Gasteiger charge is 2.25. The Labute approximate surface area is 202 Å². The lowest BCUT2D eigenvalue weighted by molar-refractivity contribution is 0.568. The second-order valence-corrected chi connectivity index (χ2v) is 8.66. The van der Waals surface area contributed by atoms with Crippen LogP contribution in [0.3, 0.4) is 0 Å². The van der Waals surface area contributed by atoms with Crippen LogP contribution in [0.1, 0.15) is 5.56 Å². The Kier molecular flexibility index (Phi) is 5.00. The highest BCUT2D eigenvalue weighted by molar-refractivity contribution is 6.31. The molecule has 0 fully saturated rings. The van der Waals surface area contributed by atoms with Gasteiger partial charge >= 0.3 is 0 Å².